The van der Waals surface area contributed by atoms with E-state index in [1.165, 1.54) is 0 Å². The van der Waals surface area contributed by atoms with Crippen LogP contribution in [0.1, 0.15) is 18.6 Å². The molecule has 0 amide bonds. The van der Waals surface area contributed by atoms with Gasteiger partial charge >= 0.3 is 0 Å². The van der Waals surface area contributed by atoms with Gasteiger partial charge in [-0.1, -0.05) is 18.2 Å². The van der Waals surface area contributed by atoms with Gasteiger partial charge < -0.3 is 14.3 Å². The Balaban J connectivity index is 1.57. The van der Waals surface area contributed by atoms with Gasteiger partial charge in [-0.05, 0) is 43.5 Å². The molecule has 2 aromatic rings. The third-order valence-corrected chi connectivity index (χ3v) is 3.84. The van der Waals surface area contributed by atoms with Crippen molar-refractivity contribution in [2.24, 2.45) is 5.92 Å². The van der Waals surface area contributed by atoms with Crippen LogP contribution in [0, 0.1) is 5.92 Å². The molecule has 1 saturated heterocycles. The number of benzene rings is 1. The Morgan fingerprint density at radius 2 is 2.05 bits per heavy atom. The highest BCUT2D eigenvalue weighted by atomic mass is 16.6. The Morgan fingerprint density at radius 3 is 2.86 bits per heavy atom. The van der Waals surface area contributed by atoms with Crippen LogP contribution in [0.2, 0.25) is 0 Å². The minimum Gasteiger partial charge on any atom is -0.429 e. The van der Waals surface area contributed by atoms with Crippen molar-refractivity contribution in [1.82, 2.24) is 4.90 Å². The third kappa shape index (κ3) is 3.86. The van der Waals surface area contributed by atoms with E-state index in [2.05, 4.69) is 4.90 Å². The van der Waals surface area contributed by atoms with Crippen LogP contribution in [0.5, 0.6) is 11.7 Å². The van der Waals surface area contributed by atoms with E-state index in [1.54, 1.807) is 0 Å². The molecule has 2 heterocycles. The first kappa shape index (κ1) is 14.2. The molecule has 0 bridgehead atoms. The summed E-state index contributed by atoms with van der Waals surface area (Å²) in [4.78, 5) is 2.33. The van der Waals surface area contributed by atoms with E-state index in [0.717, 1.165) is 44.0 Å². The fraction of sp³-hybridized carbons (Fsp3) is 0.412. The van der Waals surface area contributed by atoms with Crippen LogP contribution < -0.4 is 4.74 Å². The fourth-order valence-corrected chi connectivity index (χ4v) is 2.77. The van der Waals surface area contributed by atoms with Crippen LogP contribution >= 0.6 is 0 Å². The minimum atomic E-state index is 0.275. The van der Waals surface area contributed by atoms with Crippen molar-refractivity contribution in [3.05, 3.63) is 48.2 Å². The van der Waals surface area contributed by atoms with Gasteiger partial charge in [-0.2, -0.15) is 0 Å². The summed E-state index contributed by atoms with van der Waals surface area (Å²) in [5.74, 6) is 2.59. The first-order valence-corrected chi connectivity index (χ1v) is 7.48. The second kappa shape index (κ2) is 6.78. The van der Waals surface area contributed by atoms with Crippen molar-refractivity contribution in [2.45, 2.75) is 19.4 Å². The van der Waals surface area contributed by atoms with Gasteiger partial charge in [0, 0.05) is 19.2 Å². The first-order valence-electron chi connectivity index (χ1n) is 7.48. The summed E-state index contributed by atoms with van der Waals surface area (Å²) in [7, 11) is 0. The SMILES string of the molecule is OCC1CCCN(Cc2ccc(Oc3ccccc3)o2)C1. The van der Waals surface area contributed by atoms with E-state index < -0.39 is 0 Å². The molecule has 1 unspecified atom stereocenters. The number of aliphatic hydroxyl groups excluding tert-OH is 1. The van der Waals surface area contributed by atoms with Crippen LogP contribution in [-0.4, -0.2) is 29.7 Å². The summed E-state index contributed by atoms with van der Waals surface area (Å²) in [6.07, 6.45) is 2.26. The second-order valence-electron chi connectivity index (χ2n) is 5.56. The Hall–Kier alpha value is -1.78. The molecule has 0 saturated carbocycles. The topological polar surface area (TPSA) is 45.8 Å². The Morgan fingerprint density at radius 1 is 1.19 bits per heavy atom. The minimum absolute atomic E-state index is 0.275. The number of hydrogen-bond donors (Lipinski definition) is 1. The number of nitrogens with zero attached hydrogens (tertiary/aromatic N) is 1. The monoisotopic (exact) mass is 287 g/mol. The van der Waals surface area contributed by atoms with Crippen molar-refractivity contribution in [3.63, 3.8) is 0 Å². The van der Waals surface area contributed by atoms with Gasteiger partial charge in [0.2, 0.25) is 0 Å². The number of rotatable bonds is 5. The van der Waals surface area contributed by atoms with E-state index in [-0.39, 0.29) is 6.61 Å². The highest BCUT2D eigenvalue weighted by molar-refractivity contribution is 5.26. The summed E-state index contributed by atoms with van der Waals surface area (Å²) in [6.45, 7) is 3.05. The van der Waals surface area contributed by atoms with Crippen molar-refractivity contribution >= 4 is 0 Å². The fourth-order valence-electron chi connectivity index (χ4n) is 2.77. The molecule has 1 aliphatic heterocycles. The third-order valence-electron chi connectivity index (χ3n) is 3.84. The van der Waals surface area contributed by atoms with Gasteiger partial charge in [-0.15, -0.1) is 0 Å². The van der Waals surface area contributed by atoms with Gasteiger partial charge in [-0.3, -0.25) is 4.90 Å². The summed E-state index contributed by atoms with van der Waals surface area (Å²) < 4.78 is 11.4. The molecule has 0 aliphatic carbocycles. The Labute approximate surface area is 124 Å². The predicted molar refractivity (Wildman–Crippen MR) is 80.3 cm³/mol. The quantitative estimate of drug-likeness (QED) is 0.916. The molecule has 4 nitrogen and oxygen atoms in total. The standard InChI is InChI=1S/C17H21NO3/c19-13-14-5-4-10-18(11-14)12-16-8-9-17(21-16)20-15-6-2-1-3-7-15/h1-3,6-9,14,19H,4-5,10-13H2. The number of likely N-dealkylation sites (tertiary alicyclic amines) is 1. The lowest BCUT2D eigenvalue weighted by molar-refractivity contribution is 0.109. The van der Waals surface area contributed by atoms with Crippen molar-refractivity contribution in [2.75, 3.05) is 19.7 Å². The van der Waals surface area contributed by atoms with Crippen molar-refractivity contribution in [3.8, 4) is 11.7 Å². The molecule has 0 radical (unpaired) electrons. The lowest BCUT2D eigenvalue weighted by Gasteiger charge is -2.30. The number of piperidine rings is 1. The summed E-state index contributed by atoms with van der Waals surface area (Å²) in [6, 6.07) is 13.4. The molecule has 0 spiro atoms. The highest BCUT2D eigenvalue weighted by Gasteiger charge is 2.20. The maximum atomic E-state index is 9.27. The van der Waals surface area contributed by atoms with E-state index in [9.17, 15) is 5.11 Å². The number of hydrogen-bond acceptors (Lipinski definition) is 4. The lowest BCUT2D eigenvalue weighted by atomic mass is 9.99. The maximum absolute atomic E-state index is 9.27. The molecule has 3 rings (SSSR count). The molecule has 112 valence electrons. The van der Waals surface area contributed by atoms with Crippen LogP contribution in [0.15, 0.2) is 46.9 Å². The van der Waals surface area contributed by atoms with Gasteiger partial charge in [0.15, 0.2) is 0 Å². The zero-order valence-electron chi connectivity index (χ0n) is 12.1. The van der Waals surface area contributed by atoms with Crippen LogP contribution in [0.4, 0.5) is 0 Å². The maximum Gasteiger partial charge on any atom is 0.290 e. The number of ether oxygens (including phenoxy) is 1. The van der Waals surface area contributed by atoms with Crippen LogP contribution in [-0.2, 0) is 6.54 Å². The molecule has 4 heteroatoms. The van der Waals surface area contributed by atoms with Gasteiger partial charge in [-0.25, -0.2) is 0 Å². The molecule has 1 aromatic heterocycles. The van der Waals surface area contributed by atoms with Gasteiger partial charge in [0.1, 0.15) is 11.5 Å². The number of aliphatic hydroxyl groups is 1. The highest BCUT2D eigenvalue weighted by Crippen LogP contribution is 2.25. The molecule has 1 N–H and O–H groups in total. The van der Waals surface area contributed by atoms with Gasteiger partial charge in [0.25, 0.3) is 5.95 Å². The smallest absolute Gasteiger partial charge is 0.290 e. The van der Waals surface area contributed by atoms with Crippen LogP contribution in [0.25, 0.3) is 0 Å². The lowest BCUT2D eigenvalue weighted by Crippen LogP contribution is -2.36. The number of furan rings is 1. The Bertz CT molecular complexity index is 552. The van der Waals surface area contributed by atoms with Crippen LogP contribution in [0.3, 0.4) is 0 Å². The molecular weight excluding hydrogens is 266 g/mol. The summed E-state index contributed by atoms with van der Waals surface area (Å²) in [5, 5.41) is 9.27. The normalized spacial score (nSPS) is 19.6. The zero-order valence-corrected chi connectivity index (χ0v) is 12.1. The van der Waals surface area contributed by atoms with Crippen molar-refractivity contribution in [1.29, 1.82) is 0 Å². The Kier molecular flexibility index (Phi) is 4.58. The summed E-state index contributed by atoms with van der Waals surface area (Å²) in [5.41, 5.74) is 0. The summed E-state index contributed by atoms with van der Waals surface area (Å²) >= 11 is 0. The van der Waals surface area contributed by atoms with Gasteiger partial charge in [0.05, 0.1) is 6.54 Å². The van der Waals surface area contributed by atoms with Crippen molar-refractivity contribution < 1.29 is 14.3 Å². The molecule has 1 fully saturated rings. The largest absolute Gasteiger partial charge is 0.429 e. The van der Waals surface area contributed by atoms with E-state index >= 15 is 0 Å². The molecular formula is C17H21NO3. The predicted octanol–water partition coefficient (Wildman–Crippen LogP) is 3.28. The molecule has 1 aromatic carbocycles. The average Bonchev–Trinajstić information content (AvgIpc) is 2.95. The molecule has 1 atom stereocenters. The van der Waals surface area contributed by atoms with E-state index in [1.807, 2.05) is 42.5 Å². The van der Waals surface area contributed by atoms with E-state index in [0.29, 0.717) is 11.9 Å². The first-order chi connectivity index (χ1) is 10.3. The molecule has 1 aliphatic rings. The zero-order chi connectivity index (χ0) is 14.5. The average molecular weight is 287 g/mol. The van der Waals surface area contributed by atoms with E-state index in [4.69, 9.17) is 9.15 Å². The molecule has 21 heavy (non-hydrogen) atoms. The second-order valence-corrected chi connectivity index (χ2v) is 5.56. The number of para-hydroxylation sites is 1.